The van der Waals surface area contributed by atoms with Crippen molar-refractivity contribution in [1.82, 2.24) is 4.90 Å². The number of rotatable bonds is 6. The predicted octanol–water partition coefficient (Wildman–Crippen LogP) is 3.03. The number of hydrogen-bond acceptors (Lipinski definition) is 3. The molecule has 1 aliphatic rings. The number of sulfonamides is 1. The van der Waals surface area contributed by atoms with E-state index in [1.54, 1.807) is 6.07 Å². The number of halogens is 3. The quantitative estimate of drug-likeness (QED) is 0.765. The highest BCUT2D eigenvalue weighted by atomic mass is 32.2. The van der Waals surface area contributed by atoms with E-state index in [1.807, 2.05) is 6.92 Å². The topological polar surface area (TPSA) is 57.7 Å². The second kappa shape index (κ2) is 7.63. The summed E-state index contributed by atoms with van der Waals surface area (Å²) in [6.07, 6.45) is -2.88. The first-order chi connectivity index (χ1) is 11.6. The van der Waals surface area contributed by atoms with Crippen LogP contribution in [0.25, 0.3) is 0 Å². The predicted molar refractivity (Wildman–Crippen MR) is 89.1 cm³/mol. The number of benzene rings is 1. The van der Waals surface area contributed by atoms with E-state index in [9.17, 15) is 26.4 Å². The normalized spacial score (nSPS) is 16.9. The van der Waals surface area contributed by atoms with Crippen LogP contribution in [0.5, 0.6) is 0 Å². The van der Waals surface area contributed by atoms with Crippen molar-refractivity contribution in [1.29, 1.82) is 0 Å². The second-order valence-corrected chi connectivity index (χ2v) is 8.00. The van der Waals surface area contributed by atoms with Crippen molar-refractivity contribution >= 4 is 21.6 Å². The SMILES string of the molecule is CCCCN(CC(F)(F)F)C(=O)c1cccc(N2CCCS2(=O)=O)c1. The van der Waals surface area contributed by atoms with Crippen LogP contribution in [-0.4, -0.2) is 50.8 Å². The molecule has 0 bridgehead atoms. The minimum atomic E-state index is -4.49. The summed E-state index contributed by atoms with van der Waals surface area (Å²) >= 11 is 0. The van der Waals surface area contributed by atoms with E-state index in [4.69, 9.17) is 0 Å². The summed E-state index contributed by atoms with van der Waals surface area (Å²) in [7, 11) is -3.42. The first kappa shape index (κ1) is 19.6. The average Bonchev–Trinajstić information content (AvgIpc) is 2.89. The Bertz CT molecular complexity index is 720. The molecule has 0 spiro atoms. The van der Waals surface area contributed by atoms with Crippen molar-refractivity contribution in [2.75, 3.05) is 29.7 Å². The second-order valence-electron chi connectivity index (χ2n) is 5.99. The number of carbonyl (C=O) groups excluding carboxylic acids is 1. The van der Waals surface area contributed by atoms with Crippen molar-refractivity contribution in [3.05, 3.63) is 29.8 Å². The van der Waals surface area contributed by atoms with Crippen LogP contribution in [0.4, 0.5) is 18.9 Å². The molecule has 5 nitrogen and oxygen atoms in total. The van der Waals surface area contributed by atoms with Crippen LogP contribution in [0, 0.1) is 0 Å². The van der Waals surface area contributed by atoms with Gasteiger partial charge in [0.1, 0.15) is 6.54 Å². The molecule has 0 aliphatic carbocycles. The minimum Gasteiger partial charge on any atom is -0.330 e. The van der Waals surface area contributed by atoms with Crippen LogP contribution in [0.3, 0.4) is 0 Å². The summed E-state index contributed by atoms with van der Waals surface area (Å²) in [4.78, 5) is 13.3. The number of carbonyl (C=O) groups is 1. The molecule has 1 fully saturated rings. The van der Waals surface area contributed by atoms with Crippen molar-refractivity contribution in [3.63, 3.8) is 0 Å². The number of amides is 1. The van der Waals surface area contributed by atoms with E-state index in [-0.39, 0.29) is 17.9 Å². The summed E-state index contributed by atoms with van der Waals surface area (Å²) in [6, 6.07) is 5.78. The number of unbranched alkanes of at least 4 members (excludes halogenated alkanes) is 1. The van der Waals surface area contributed by atoms with Crippen LogP contribution < -0.4 is 4.31 Å². The minimum absolute atomic E-state index is 0.00108. The lowest BCUT2D eigenvalue weighted by molar-refractivity contribution is -0.140. The molecule has 1 saturated heterocycles. The van der Waals surface area contributed by atoms with Gasteiger partial charge in [-0.3, -0.25) is 9.10 Å². The van der Waals surface area contributed by atoms with Crippen LogP contribution in [-0.2, 0) is 10.0 Å². The van der Waals surface area contributed by atoms with Crippen molar-refractivity contribution in [2.24, 2.45) is 0 Å². The highest BCUT2D eigenvalue weighted by Gasteiger charge is 2.34. The number of hydrogen-bond donors (Lipinski definition) is 0. The fourth-order valence-corrected chi connectivity index (χ4v) is 4.28. The number of anilines is 1. The van der Waals surface area contributed by atoms with Gasteiger partial charge in [-0.25, -0.2) is 8.42 Å². The van der Waals surface area contributed by atoms with Gasteiger partial charge in [-0.1, -0.05) is 19.4 Å². The van der Waals surface area contributed by atoms with Crippen molar-refractivity contribution < 1.29 is 26.4 Å². The van der Waals surface area contributed by atoms with E-state index in [0.29, 0.717) is 31.5 Å². The lowest BCUT2D eigenvalue weighted by Gasteiger charge is -2.24. The van der Waals surface area contributed by atoms with Gasteiger partial charge in [-0.2, -0.15) is 13.2 Å². The van der Waals surface area contributed by atoms with Crippen LogP contribution in [0.1, 0.15) is 36.5 Å². The monoisotopic (exact) mass is 378 g/mol. The molecule has 0 N–H and O–H groups in total. The van der Waals surface area contributed by atoms with E-state index < -0.39 is 28.7 Å². The van der Waals surface area contributed by atoms with Gasteiger partial charge in [0.2, 0.25) is 10.0 Å². The van der Waals surface area contributed by atoms with Gasteiger partial charge in [0, 0.05) is 18.7 Å². The molecule has 1 amide bonds. The Labute approximate surface area is 145 Å². The molecule has 1 aromatic rings. The Morgan fingerprint density at radius 2 is 2.04 bits per heavy atom. The van der Waals surface area contributed by atoms with E-state index in [1.165, 1.54) is 22.5 Å². The maximum Gasteiger partial charge on any atom is 0.406 e. The smallest absolute Gasteiger partial charge is 0.330 e. The summed E-state index contributed by atoms with van der Waals surface area (Å²) in [5.74, 6) is -0.716. The Balaban J connectivity index is 2.26. The Morgan fingerprint density at radius 3 is 2.60 bits per heavy atom. The van der Waals surface area contributed by atoms with Crippen LogP contribution >= 0.6 is 0 Å². The Kier molecular flexibility index (Phi) is 5.97. The molecule has 0 saturated carbocycles. The molecule has 0 aromatic heterocycles. The molecule has 9 heteroatoms. The highest BCUT2D eigenvalue weighted by Crippen LogP contribution is 2.26. The van der Waals surface area contributed by atoms with Crippen LogP contribution in [0.15, 0.2) is 24.3 Å². The third kappa shape index (κ3) is 5.10. The Hall–Kier alpha value is -1.77. The van der Waals surface area contributed by atoms with Gasteiger partial charge in [0.05, 0.1) is 11.4 Å². The highest BCUT2D eigenvalue weighted by molar-refractivity contribution is 7.93. The molecular formula is C16H21F3N2O3S. The maximum absolute atomic E-state index is 12.8. The maximum atomic E-state index is 12.8. The number of nitrogens with zero attached hydrogens (tertiary/aromatic N) is 2. The van der Waals surface area contributed by atoms with E-state index in [0.717, 1.165) is 4.90 Å². The van der Waals surface area contributed by atoms with Crippen molar-refractivity contribution in [3.8, 4) is 0 Å². The molecule has 0 atom stereocenters. The molecule has 0 radical (unpaired) electrons. The molecule has 140 valence electrons. The van der Waals surface area contributed by atoms with Gasteiger partial charge in [-0.05, 0) is 31.0 Å². The molecule has 1 heterocycles. The fraction of sp³-hybridized carbons (Fsp3) is 0.562. The molecule has 25 heavy (non-hydrogen) atoms. The zero-order valence-electron chi connectivity index (χ0n) is 13.9. The van der Waals surface area contributed by atoms with Gasteiger partial charge < -0.3 is 4.90 Å². The zero-order chi connectivity index (χ0) is 18.7. The van der Waals surface area contributed by atoms with E-state index in [2.05, 4.69) is 0 Å². The fourth-order valence-electron chi connectivity index (χ4n) is 2.72. The standard InChI is InChI=1S/C16H21F3N2O3S/c1-2-3-8-20(12-16(17,18)19)15(22)13-6-4-7-14(11-13)21-9-5-10-25(21,23)24/h4,6-7,11H,2-3,5,8-10,12H2,1H3. The third-order valence-corrected chi connectivity index (χ3v) is 5.79. The summed E-state index contributed by atoms with van der Waals surface area (Å²) in [6.45, 7) is 0.816. The van der Waals surface area contributed by atoms with Crippen molar-refractivity contribution in [2.45, 2.75) is 32.4 Å². The van der Waals surface area contributed by atoms with Gasteiger partial charge in [0.15, 0.2) is 0 Å². The molecule has 1 aliphatic heterocycles. The molecular weight excluding hydrogens is 357 g/mol. The van der Waals surface area contributed by atoms with Gasteiger partial charge in [0.25, 0.3) is 5.91 Å². The average molecular weight is 378 g/mol. The summed E-state index contributed by atoms with van der Waals surface area (Å²) < 4.78 is 63.4. The zero-order valence-corrected chi connectivity index (χ0v) is 14.7. The lowest BCUT2D eigenvalue weighted by Crippen LogP contribution is -2.39. The van der Waals surface area contributed by atoms with Gasteiger partial charge in [-0.15, -0.1) is 0 Å². The largest absolute Gasteiger partial charge is 0.406 e. The third-order valence-electron chi connectivity index (χ3n) is 3.92. The first-order valence-electron chi connectivity index (χ1n) is 8.10. The molecule has 0 unspecified atom stereocenters. The molecule has 2 rings (SSSR count). The summed E-state index contributed by atoms with van der Waals surface area (Å²) in [5.41, 5.74) is 0.366. The van der Waals surface area contributed by atoms with Gasteiger partial charge >= 0.3 is 6.18 Å². The summed E-state index contributed by atoms with van der Waals surface area (Å²) in [5, 5.41) is 0. The van der Waals surface area contributed by atoms with Crippen LogP contribution in [0.2, 0.25) is 0 Å². The lowest BCUT2D eigenvalue weighted by atomic mass is 10.1. The Morgan fingerprint density at radius 1 is 1.32 bits per heavy atom. The van der Waals surface area contributed by atoms with E-state index >= 15 is 0 Å². The number of alkyl halides is 3. The molecule has 1 aromatic carbocycles. The first-order valence-corrected chi connectivity index (χ1v) is 9.71.